The topological polar surface area (TPSA) is 40.5 Å². The molecule has 0 spiro atoms. The monoisotopic (exact) mass is 510 g/mol. The Morgan fingerprint density at radius 1 is 0.541 bits per heavy atom. The van der Waals surface area contributed by atoms with Crippen molar-refractivity contribution in [3.05, 3.63) is 118 Å². The van der Waals surface area contributed by atoms with Crippen LogP contribution in [0.5, 0.6) is 11.5 Å². The van der Waals surface area contributed by atoms with Gasteiger partial charge in [0.05, 0.1) is 0 Å². The van der Waals surface area contributed by atoms with E-state index in [0.29, 0.717) is 24.3 Å². The van der Waals surface area contributed by atoms with Crippen LogP contribution in [0.15, 0.2) is 94.7 Å². The van der Waals surface area contributed by atoms with Gasteiger partial charge in [0.1, 0.15) is 11.5 Å². The highest BCUT2D eigenvalue weighted by atomic mass is 32.2. The molecule has 0 bridgehead atoms. The average Bonchev–Trinajstić information content (AvgIpc) is 2.83. The molecule has 3 heteroatoms. The lowest BCUT2D eigenvalue weighted by Crippen LogP contribution is -2.13. The zero-order valence-corrected chi connectivity index (χ0v) is 23.6. The fraction of sp³-hybridized carbons (Fsp3) is 0.294. The number of aromatic hydroxyl groups is 2. The van der Waals surface area contributed by atoms with Crippen molar-refractivity contribution in [2.24, 2.45) is 0 Å². The van der Waals surface area contributed by atoms with Crippen LogP contribution in [0.25, 0.3) is 0 Å². The van der Waals surface area contributed by atoms with Crippen molar-refractivity contribution in [2.45, 2.75) is 75.0 Å². The van der Waals surface area contributed by atoms with Crippen LogP contribution < -0.4 is 0 Å². The van der Waals surface area contributed by atoms with Crippen LogP contribution in [0.3, 0.4) is 0 Å². The first-order valence-electron chi connectivity index (χ1n) is 12.9. The van der Waals surface area contributed by atoms with Crippen molar-refractivity contribution < 1.29 is 10.2 Å². The molecule has 4 aromatic rings. The van der Waals surface area contributed by atoms with Gasteiger partial charge >= 0.3 is 0 Å². The van der Waals surface area contributed by atoms with E-state index in [-0.39, 0.29) is 10.8 Å². The number of rotatable bonds is 6. The van der Waals surface area contributed by atoms with Crippen LogP contribution in [0.2, 0.25) is 0 Å². The Morgan fingerprint density at radius 3 is 1.22 bits per heavy atom. The van der Waals surface area contributed by atoms with Gasteiger partial charge in [0.2, 0.25) is 0 Å². The maximum absolute atomic E-state index is 11.2. The van der Waals surface area contributed by atoms with E-state index in [1.807, 2.05) is 36.4 Å². The molecule has 0 aliphatic heterocycles. The van der Waals surface area contributed by atoms with Gasteiger partial charge in [-0.05, 0) is 57.3 Å². The fourth-order valence-corrected chi connectivity index (χ4v) is 5.66. The van der Waals surface area contributed by atoms with Gasteiger partial charge < -0.3 is 10.2 Å². The third-order valence-electron chi connectivity index (χ3n) is 6.65. The Bertz CT molecular complexity index is 1250. The van der Waals surface area contributed by atoms with E-state index in [1.165, 1.54) is 11.1 Å². The molecule has 2 nitrogen and oxygen atoms in total. The summed E-state index contributed by atoms with van der Waals surface area (Å²) < 4.78 is 0. The minimum absolute atomic E-state index is 0.198. The van der Waals surface area contributed by atoms with Crippen LogP contribution in [-0.4, -0.2) is 10.2 Å². The molecule has 0 aliphatic carbocycles. The molecule has 0 unspecified atom stereocenters. The molecular weight excluding hydrogens is 472 g/mol. The van der Waals surface area contributed by atoms with Gasteiger partial charge in [-0.1, -0.05) is 114 Å². The predicted molar refractivity (Wildman–Crippen MR) is 156 cm³/mol. The fourth-order valence-electron chi connectivity index (χ4n) is 4.63. The van der Waals surface area contributed by atoms with E-state index in [1.54, 1.807) is 11.8 Å². The summed E-state index contributed by atoms with van der Waals surface area (Å²) in [6.07, 6.45) is 1.35. The summed E-state index contributed by atoms with van der Waals surface area (Å²) >= 11 is 1.69. The molecular formula is C34H38O2S. The second-order valence-electron chi connectivity index (χ2n) is 11.9. The largest absolute Gasteiger partial charge is 0.507 e. The Hall–Kier alpha value is -3.17. The number of hydrogen-bond acceptors (Lipinski definition) is 3. The quantitative estimate of drug-likeness (QED) is 0.272. The van der Waals surface area contributed by atoms with Crippen LogP contribution in [0.1, 0.15) is 74.9 Å². The molecule has 0 aromatic heterocycles. The zero-order chi connectivity index (χ0) is 26.8. The smallest absolute Gasteiger partial charge is 0.122 e. The maximum Gasteiger partial charge on any atom is 0.122 e. The van der Waals surface area contributed by atoms with Gasteiger partial charge in [-0.3, -0.25) is 0 Å². The summed E-state index contributed by atoms with van der Waals surface area (Å²) in [6, 6.07) is 29.0. The molecule has 0 aliphatic rings. The highest BCUT2D eigenvalue weighted by molar-refractivity contribution is 7.99. The normalized spacial score (nSPS) is 12.1. The Labute approximate surface area is 226 Å². The van der Waals surface area contributed by atoms with E-state index in [9.17, 15) is 10.2 Å². The van der Waals surface area contributed by atoms with Crippen molar-refractivity contribution in [3.8, 4) is 11.5 Å². The van der Waals surface area contributed by atoms with Crippen LogP contribution >= 0.6 is 11.8 Å². The number of phenols is 2. The third-order valence-corrected chi connectivity index (χ3v) is 7.59. The predicted octanol–water partition coefficient (Wildman–Crippen LogP) is 9.03. The van der Waals surface area contributed by atoms with Crippen molar-refractivity contribution in [3.63, 3.8) is 0 Å². The Kier molecular flexibility index (Phi) is 7.75. The number of hydrogen-bond donors (Lipinski definition) is 2. The lowest BCUT2D eigenvalue weighted by molar-refractivity contribution is 0.440. The summed E-state index contributed by atoms with van der Waals surface area (Å²) in [6.45, 7) is 12.8. The van der Waals surface area contributed by atoms with E-state index >= 15 is 0 Å². The zero-order valence-electron chi connectivity index (χ0n) is 22.8. The standard InChI is InChI=1S/C34H38O2S/c1-33(2,3)29-21-27(19-25(31(29)35)17-23-13-9-7-10-14-23)37-28-20-26(18-24-15-11-8-12-16-24)32(36)30(22-28)34(4,5)6/h7-16,19-22,35-36H,17-18H2,1-6H3. The van der Waals surface area contributed by atoms with Crippen molar-refractivity contribution in [1.82, 2.24) is 0 Å². The van der Waals surface area contributed by atoms with Crippen molar-refractivity contribution in [1.29, 1.82) is 0 Å². The van der Waals surface area contributed by atoms with Gasteiger partial charge in [0.25, 0.3) is 0 Å². The van der Waals surface area contributed by atoms with Gasteiger partial charge in [0.15, 0.2) is 0 Å². The first-order chi connectivity index (χ1) is 17.4. The van der Waals surface area contributed by atoms with Gasteiger partial charge in [-0.25, -0.2) is 0 Å². The Morgan fingerprint density at radius 2 is 0.892 bits per heavy atom. The highest BCUT2D eigenvalue weighted by Crippen LogP contribution is 2.43. The summed E-state index contributed by atoms with van der Waals surface area (Å²) in [5, 5.41) is 22.5. The minimum Gasteiger partial charge on any atom is -0.507 e. The molecule has 4 rings (SSSR count). The molecule has 2 N–H and O–H groups in total. The van der Waals surface area contributed by atoms with Gasteiger partial charge in [-0.2, -0.15) is 0 Å². The van der Waals surface area contributed by atoms with Gasteiger partial charge in [0, 0.05) is 33.8 Å². The molecule has 0 atom stereocenters. The lowest BCUT2D eigenvalue weighted by atomic mass is 9.84. The first-order valence-corrected chi connectivity index (χ1v) is 13.7. The van der Waals surface area contributed by atoms with E-state index in [0.717, 1.165) is 32.0 Å². The third kappa shape index (κ3) is 6.59. The van der Waals surface area contributed by atoms with Crippen molar-refractivity contribution >= 4 is 11.8 Å². The summed E-state index contributed by atoms with van der Waals surface area (Å²) in [5.41, 5.74) is 5.70. The average molecular weight is 511 g/mol. The van der Waals surface area contributed by atoms with Crippen LogP contribution in [0.4, 0.5) is 0 Å². The summed E-state index contributed by atoms with van der Waals surface area (Å²) in [7, 11) is 0. The lowest BCUT2D eigenvalue weighted by Gasteiger charge is -2.25. The summed E-state index contributed by atoms with van der Waals surface area (Å²) in [4.78, 5) is 2.18. The number of phenolic OH excluding ortho intramolecular Hbond substituents is 2. The maximum atomic E-state index is 11.2. The molecule has 0 fully saturated rings. The second-order valence-corrected chi connectivity index (χ2v) is 13.0. The van der Waals surface area contributed by atoms with E-state index in [4.69, 9.17) is 0 Å². The molecule has 0 saturated carbocycles. The van der Waals surface area contributed by atoms with Crippen LogP contribution in [0, 0.1) is 0 Å². The molecule has 0 saturated heterocycles. The second kappa shape index (κ2) is 10.7. The number of benzene rings is 4. The molecule has 0 heterocycles. The molecule has 192 valence electrons. The van der Waals surface area contributed by atoms with E-state index < -0.39 is 0 Å². The van der Waals surface area contributed by atoms with Crippen LogP contribution in [-0.2, 0) is 23.7 Å². The highest BCUT2D eigenvalue weighted by Gasteiger charge is 2.24. The van der Waals surface area contributed by atoms with E-state index in [2.05, 4.69) is 90.1 Å². The molecule has 37 heavy (non-hydrogen) atoms. The van der Waals surface area contributed by atoms with Gasteiger partial charge in [-0.15, -0.1) is 0 Å². The molecule has 4 aromatic carbocycles. The minimum atomic E-state index is -0.198. The Balaban J connectivity index is 1.78. The molecule has 0 amide bonds. The molecule has 0 radical (unpaired) electrons. The first kappa shape index (κ1) is 26.9. The summed E-state index contributed by atoms with van der Waals surface area (Å²) in [5.74, 6) is 0.762. The SMILES string of the molecule is CC(C)(C)c1cc(Sc2cc(Cc3ccccc3)c(O)c(C(C)(C)C)c2)cc(Cc2ccccc2)c1O. The van der Waals surface area contributed by atoms with Crippen molar-refractivity contribution in [2.75, 3.05) is 0 Å².